The summed E-state index contributed by atoms with van der Waals surface area (Å²) in [5.41, 5.74) is -1.07. The molecule has 1 saturated heterocycles. The molecule has 0 aliphatic carbocycles. The Morgan fingerprint density at radius 2 is 1.83 bits per heavy atom. The normalized spacial score (nSPS) is 16.3. The molecule has 8 nitrogen and oxygen atoms in total. The molecule has 1 fully saturated rings. The molecule has 1 aromatic carbocycles. The third kappa shape index (κ3) is 4.38. The van der Waals surface area contributed by atoms with Crippen LogP contribution in [-0.2, 0) is 16.2 Å². The first-order valence-corrected chi connectivity index (χ1v) is 10.5. The van der Waals surface area contributed by atoms with Crippen molar-refractivity contribution >= 4 is 21.5 Å². The lowest BCUT2D eigenvalue weighted by atomic mass is 10.2. The fraction of sp³-hybridized carbons (Fsp3) is 0.389. The van der Waals surface area contributed by atoms with E-state index in [0.717, 1.165) is 12.3 Å². The zero-order chi connectivity index (χ0) is 22.1. The first kappa shape index (κ1) is 22.0. The van der Waals surface area contributed by atoms with E-state index in [4.69, 9.17) is 0 Å². The lowest BCUT2D eigenvalue weighted by Gasteiger charge is -2.23. The predicted molar refractivity (Wildman–Crippen MR) is 103 cm³/mol. The number of pyridine rings is 1. The van der Waals surface area contributed by atoms with Crippen molar-refractivity contribution in [3.05, 3.63) is 57.8 Å². The van der Waals surface area contributed by atoms with Gasteiger partial charge in [0, 0.05) is 44.0 Å². The molecule has 1 aliphatic heterocycles. The lowest BCUT2D eigenvalue weighted by Crippen LogP contribution is -2.35. The van der Waals surface area contributed by atoms with Crippen LogP contribution in [0.25, 0.3) is 0 Å². The molecule has 2 heterocycles. The van der Waals surface area contributed by atoms with Gasteiger partial charge in [-0.1, -0.05) is 6.07 Å². The van der Waals surface area contributed by atoms with Gasteiger partial charge in [-0.2, -0.15) is 17.5 Å². The van der Waals surface area contributed by atoms with E-state index in [1.165, 1.54) is 35.5 Å². The molecule has 30 heavy (non-hydrogen) atoms. The van der Waals surface area contributed by atoms with Gasteiger partial charge in [0.2, 0.25) is 10.0 Å². The molecule has 0 bridgehead atoms. The minimum atomic E-state index is -4.48. The zero-order valence-electron chi connectivity index (χ0n) is 16.0. The van der Waals surface area contributed by atoms with Gasteiger partial charge in [0.1, 0.15) is 5.82 Å². The van der Waals surface area contributed by atoms with E-state index in [1.807, 2.05) is 0 Å². The van der Waals surface area contributed by atoms with Crippen LogP contribution >= 0.6 is 0 Å². The molecule has 1 aliphatic rings. The standard InChI is InChI=1S/C18H19F3N4O4S/c1-13-15(25(26)27)4-2-5-16(13)30(28,29)24-9-3-8-23(10-11-24)17-7-6-14(12-22-17)18(19,20)21/h2,4-7,12H,3,8-11H2,1H3. The van der Waals surface area contributed by atoms with Gasteiger partial charge in [-0.25, -0.2) is 13.4 Å². The molecular weight excluding hydrogens is 425 g/mol. The number of sulfonamides is 1. The van der Waals surface area contributed by atoms with Crippen LogP contribution in [0, 0.1) is 17.0 Å². The molecule has 0 atom stereocenters. The van der Waals surface area contributed by atoms with Gasteiger partial charge < -0.3 is 4.90 Å². The second kappa shape index (κ2) is 8.19. The molecule has 0 unspecified atom stereocenters. The molecular formula is C18H19F3N4O4S. The molecule has 0 amide bonds. The first-order chi connectivity index (χ1) is 14.0. The lowest BCUT2D eigenvalue weighted by molar-refractivity contribution is -0.385. The largest absolute Gasteiger partial charge is 0.417 e. The van der Waals surface area contributed by atoms with E-state index in [1.54, 1.807) is 4.90 Å². The second-order valence-corrected chi connectivity index (χ2v) is 8.71. The molecule has 3 rings (SSSR count). The highest BCUT2D eigenvalue weighted by atomic mass is 32.2. The number of aromatic nitrogens is 1. The van der Waals surface area contributed by atoms with E-state index in [-0.39, 0.29) is 35.8 Å². The highest BCUT2D eigenvalue weighted by molar-refractivity contribution is 7.89. The minimum Gasteiger partial charge on any atom is -0.355 e. The summed E-state index contributed by atoms with van der Waals surface area (Å²) in [4.78, 5) is 16.0. The molecule has 12 heteroatoms. The number of alkyl halides is 3. The smallest absolute Gasteiger partial charge is 0.355 e. The van der Waals surface area contributed by atoms with Crippen LogP contribution < -0.4 is 4.90 Å². The summed E-state index contributed by atoms with van der Waals surface area (Å²) in [6, 6.07) is 6.10. The van der Waals surface area contributed by atoms with Crippen LogP contribution in [0.4, 0.5) is 24.7 Å². The van der Waals surface area contributed by atoms with Crippen molar-refractivity contribution in [3.8, 4) is 0 Å². The van der Waals surface area contributed by atoms with Gasteiger partial charge in [0.05, 0.1) is 15.4 Å². The maximum absolute atomic E-state index is 13.1. The minimum absolute atomic E-state index is 0.0630. The van der Waals surface area contributed by atoms with Crippen molar-refractivity contribution < 1.29 is 26.5 Å². The number of hydrogen-bond donors (Lipinski definition) is 0. The van der Waals surface area contributed by atoms with Crippen molar-refractivity contribution in [3.63, 3.8) is 0 Å². The molecule has 0 saturated carbocycles. The number of nitro benzene ring substituents is 1. The topological polar surface area (TPSA) is 96.6 Å². The van der Waals surface area contributed by atoms with E-state index >= 15 is 0 Å². The number of benzene rings is 1. The predicted octanol–water partition coefficient (Wildman–Crippen LogP) is 3.22. The Morgan fingerprint density at radius 3 is 2.43 bits per heavy atom. The van der Waals surface area contributed by atoms with Gasteiger partial charge in [0.25, 0.3) is 5.69 Å². The van der Waals surface area contributed by atoms with Crippen molar-refractivity contribution in [2.45, 2.75) is 24.4 Å². The van der Waals surface area contributed by atoms with Crippen LogP contribution in [0.5, 0.6) is 0 Å². The number of nitro groups is 1. The third-order valence-electron chi connectivity index (χ3n) is 4.92. The molecule has 1 aromatic heterocycles. The number of hydrogen-bond acceptors (Lipinski definition) is 6. The van der Waals surface area contributed by atoms with E-state index < -0.39 is 26.7 Å². The monoisotopic (exact) mass is 444 g/mol. The quantitative estimate of drug-likeness (QED) is 0.531. The molecule has 0 spiro atoms. The first-order valence-electron chi connectivity index (χ1n) is 9.04. The van der Waals surface area contributed by atoms with Gasteiger partial charge in [-0.15, -0.1) is 0 Å². The summed E-state index contributed by atoms with van der Waals surface area (Å²) in [6.07, 6.45) is -3.30. The van der Waals surface area contributed by atoms with Gasteiger partial charge in [-0.3, -0.25) is 10.1 Å². The van der Waals surface area contributed by atoms with Crippen molar-refractivity contribution in [1.29, 1.82) is 0 Å². The van der Waals surface area contributed by atoms with E-state index in [9.17, 15) is 31.7 Å². The Morgan fingerprint density at radius 1 is 1.10 bits per heavy atom. The maximum atomic E-state index is 13.1. The van der Waals surface area contributed by atoms with E-state index in [0.29, 0.717) is 18.8 Å². The Bertz CT molecular complexity index is 1040. The van der Waals surface area contributed by atoms with Crippen LogP contribution in [-0.4, -0.2) is 48.8 Å². The Labute approximate surface area is 171 Å². The maximum Gasteiger partial charge on any atom is 0.417 e. The Balaban J connectivity index is 1.80. The van der Waals surface area contributed by atoms with Crippen LogP contribution in [0.15, 0.2) is 41.4 Å². The van der Waals surface area contributed by atoms with Crippen molar-refractivity contribution in [2.75, 3.05) is 31.1 Å². The summed E-state index contributed by atoms with van der Waals surface area (Å²) >= 11 is 0. The number of rotatable bonds is 4. The van der Waals surface area contributed by atoms with Gasteiger partial charge in [0.15, 0.2) is 0 Å². The molecule has 2 aromatic rings. The number of nitrogens with zero attached hydrogens (tertiary/aromatic N) is 4. The molecule has 162 valence electrons. The second-order valence-electron chi connectivity index (χ2n) is 6.80. The summed E-state index contributed by atoms with van der Waals surface area (Å²) in [5, 5.41) is 11.1. The summed E-state index contributed by atoms with van der Waals surface area (Å²) in [5.74, 6) is 0.328. The molecule has 0 radical (unpaired) electrons. The average Bonchev–Trinajstić information content (AvgIpc) is 2.94. The molecule has 0 N–H and O–H groups in total. The summed E-state index contributed by atoms with van der Waals surface area (Å²) in [7, 11) is -3.97. The summed E-state index contributed by atoms with van der Waals surface area (Å²) < 4.78 is 65.5. The van der Waals surface area contributed by atoms with Crippen molar-refractivity contribution in [1.82, 2.24) is 9.29 Å². The SMILES string of the molecule is Cc1c([N+](=O)[O-])cccc1S(=O)(=O)N1CCCN(c2ccc(C(F)(F)F)cn2)CC1. The van der Waals surface area contributed by atoms with Gasteiger partial charge >= 0.3 is 6.18 Å². The van der Waals surface area contributed by atoms with Crippen LogP contribution in [0.3, 0.4) is 0 Å². The number of halogens is 3. The van der Waals surface area contributed by atoms with Crippen molar-refractivity contribution in [2.24, 2.45) is 0 Å². The van der Waals surface area contributed by atoms with E-state index in [2.05, 4.69) is 4.98 Å². The highest BCUT2D eigenvalue weighted by Crippen LogP contribution is 2.30. The highest BCUT2D eigenvalue weighted by Gasteiger charge is 2.32. The van der Waals surface area contributed by atoms with Crippen LogP contribution in [0.1, 0.15) is 17.5 Å². The Kier molecular flexibility index (Phi) is 5.99. The summed E-state index contributed by atoms with van der Waals surface area (Å²) in [6.45, 7) is 2.29. The Hall–Kier alpha value is -2.73. The van der Waals surface area contributed by atoms with Gasteiger partial charge in [-0.05, 0) is 31.5 Å². The number of anilines is 1. The fourth-order valence-electron chi connectivity index (χ4n) is 3.32. The zero-order valence-corrected chi connectivity index (χ0v) is 16.8. The average molecular weight is 444 g/mol. The third-order valence-corrected chi connectivity index (χ3v) is 6.97. The fourth-order valence-corrected chi connectivity index (χ4v) is 5.03. The van der Waals surface area contributed by atoms with Crippen LogP contribution in [0.2, 0.25) is 0 Å².